The van der Waals surface area contributed by atoms with Crippen LogP contribution in [0.1, 0.15) is 27.0 Å². The highest BCUT2D eigenvalue weighted by molar-refractivity contribution is 7.87. The lowest BCUT2D eigenvalue weighted by atomic mass is 10.1. The maximum Gasteiger partial charge on any atom is 0.339 e. The highest BCUT2D eigenvalue weighted by Gasteiger charge is 2.27. The van der Waals surface area contributed by atoms with Crippen molar-refractivity contribution in [3.63, 3.8) is 0 Å². The molecule has 2 aromatic carbocycles. The second-order valence-corrected chi connectivity index (χ2v) is 7.18. The zero-order valence-electron chi connectivity index (χ0n) is 14.6. The lowest BCUT2D eigenvalue weighted by Crippen LogP contribution is -2.14. The average molecular weight is 379 g/mol. The first-order valence-electron chi connectivity index (χ1n) is 7.46. The van der Waals surface area contributed by atoms with Gasteiger partial charge in [-0.1, -0.05) is 17.7 Å². The highest BCUT2D eigenvalue weighted by Crippen LogP contribution is 2.32. The van der Waals surface area contributed by atoms with Crippen LogP contribution in [0.5, 0.6) is 5.75 Å². The van der Waals surface area contributed by atoms with E-state index in [1.807, 2.05) is 6.92 Å². The molecule has 8 nitrogen and oxygen atoms in total. The molecule has 0 spiro atoms. The van der Waals surface area contributed by atoms with Crippen molar-refractivity contribution in [2.45, 2.75) is 25.7 Å². The molecule has 0 aliphatic rings. The normalized spacial score (nSPS) is 11.1. The molecule has 26 heavy (non-hydrogen) atoms. The molecule has 0 saturated heterocycles. The topological polar surface area (TPSA) is 113 Å². The zero-order valence-corrected chi connectivity index (χ0v) is 15.4. The molecular formula is C17H17NO7S. The minimum Gasteiger partial charge on any atom is -0.465 e. The summed E-state index contributed by atoms with van der Waals surface area (Å²) in [4.78, 5) is 22.0. The summed E-state index contributed by atoms with van der Waals surface area (Å²) in [6.45, 7) is 5.03. The van der Waals surface area contributed by atoms with Gasteiger partial charge in [0.2, 0.25) is 5.75 Å². The molecule has 2 aromatic rings. The van der Waals surface area contributed by atoms with Gasteiger partial charge < -0.3 is 8.92 Å². The molecule has 2 rings (SSSR count). The Bertz CT molecular complexity index is 973. The first kappa shape index (κ1) is 19.4. The Balaban J connectivity index is 2.59. The van der Waals surface area contributed by atoms with Crippen LogP contribution >= 0.6 is 0 Å². The van der Waals surface area contributed by atoms with Gasteiger partial charge in [-0.2, -0.15) is 8.42 Å². The molecule has 9 heteroatoms. The number of carbonyl (C=O) groups is 1. The molecule has 0 N–H and O–H groups in total. The van der Waals surface area contributed by atoms with Crippen molar-refractivity contribution in [2.75, 3.05) is 7.11 Å². The van der Waals surface area contributed by atoms with Crippen molar-refractivity contribution in [3.05, 3.63) is 62.7 Å². The summed E-state index contributed by atoms with van der Waals surface area (Å²) in [5.41, 5.74) is 1.13. The van der Waals surface area contributed by atoms with Crippen LogP contribution in [-0.2, 0) is 14.9 Å². The number of methoxy groups -OCH3 is 1. The van der Waals surface area contributed by atoms with Crippen LogP contribution in [0.2, 0.25) is 0 Å². The Morgan fingerprint density at radius 1 is 1.08 bits per heavy atom. The van der Waals surface area contributed by atoms with Crippen molar-refractivity contribution >= 4 is 21.8 Å². The van der Waals surface area contributed by atoms with Crippen LogP contribution in [0.15, 0.2) is 35.2 Å². The molecule has 0 aromatic heterocycles. The van der Waals surface area contributed by atoms with E-state index in [2.05, 4.69) is 4.74 Å². The fourth-order valence-electron chi connectivity index (χ4n) is 2.70. The largest absolute Gasteiger partial charge is 0.465 e. The predicted octanol–water partition coefficient (Wildman–Crippen LogP) is 3.07. The quantitative estimate of drug-likeness (QED) is 0.339. The van der Waals surface area contributed by atoms with E-state index in [0.29, 0.717) is 11.1 Å². The maximum absolute atomic E-state index is 12.7. The lowest BCUT2D eigenvalue weighted by molar-refractivity contribution is -0.385. The standard InChI is InChI=1S/C17H17NO7S/c1-10-7-11(2)16(12(3)8-10)26(22,23)25-15-9-13(17(19)24-4)5-6-14(15)18(20)21/h5-9H,1-4H3. The van der Waals surface area contributed by atoms with Gasteiger partial charge in [-0.05, 0) is 38.0 Å². The molecule has 0 bridgehead atoms. The average Bonchev–Trinajstić information content (AvgIpc) is 2.51. The number of hydrogen-bond donors (Lipinski definition) is 0. The van der Waals surface area contributed by atoms with E-state index in [9.17, 15) is 23.3 Å². The third-order valence-corrected chi connectivity index (χ3v) is 5.17. The van der Waals surface area contributed by atoms with Crippen LogP contribution in [0.3, 0.4) is 0 Å². The molecule has 0 heterocycles. The maximum atomic E-state index is 12.7. The Morgan fingerprint density at radius 3 is 2.15 bits per heavy atom. The van der Waals surface area contributed by atoms with Crippen molar-refractivity contribution in [2.24, 2.45) is 0 Å². The van der Waals surface area contributed by atoms with Crippen LogP contribution < -0.4 is 4.18 Å². The van der Waals surface area contributed by atoms with Gasteiger partial charge in [0, 0.05) is 12.1 Å². The summed E-state index contributed by atoms with van der Waals surface area (Å²) in [6.07, 6.45) is 0. The van der Waals surface area contributed by atoms with Crippen LogP contribution in [-0.4, -0.2) is 26.4 Å². The number of nitro groups is 1. The van der Waals surface area contributed by atoms with E-state index >= 15 is 0 Å². The van der Waals surface area contributed by atoms with Crippen molar-refractivity contribution in [1.29, 1.82) is 0 Å². The summed E-state index contributed by atoms with van der Waals surface area (Å²) in [7, 11) is -3.21. The Morgan fingerprint density at radius 2 is 1.65 bits per heavy atom. The summed E-state index contributed by atoms with van der Waals surface area (Å²) in [5, 5.41) is 11.2. The molecule has 0 unspecified atom stereocenters. The minimum absolute atomic E-state index is 0.0686. The van der Waals surface area contributed by atoms with Gasteiger partial charge in [0.15, 0.2) is 0 Å². The first-order chi connectivity index (χ1) is 12.1. The molecule has 0 radical (unpaired) electrons. The van der Waals surface area contributed by atoms with Gasteiger partial charge in [0.05, 0.1) is 17.6 Å². The summed E-state index contributed by atoms with van der Waals surface area (Å²) in [5.74, 6) is -1.33. The van der Waals surface area contributed by atoms with E-state index in [-0.39, 0.29) is 10.5 Å². The molecule has 0 fully saturated rings. The molecule has 0 aliphatic carbocycles. The number of nitro benzene ring substituents is 1. The highest BCUT2D eigenvalue weighted by atomic mass is 32.2. The smallest absolute Gasteiger partial charge is 0.339 e. The summed E-state index contributed by atoms with van der Waals surface area (Å²) < 4.78 is 35.0. The molecule has 138 valence electrons. The zero-order chi connectivity index (χ0) is 19.6. The number of aryl methyl sites for hydroxylation is 3. The van der Waals surface area contributed by atoms with E-state index < -0.39 is 32.4 Å². The number of hydrogen-bond acceptors (Lipinski definition) is 7. The third kappa shape index (κ3) is 3.83. The third-order valence-electron chi connectivity index (χ3n) is 3.63. The first-order valence-corrected chi connectivity index (χ1v) is 8.86. The Hall–Kier alpha value is -2.94. The number of ether oxygens (including phenoxy) is 1. The van der Waals surface area contributed by atoms with Crippen LogP contribution in [0, 0.1) is 30.9 Å². The lowest BCUT2D eigenvalue weighted by Gasteiger charge is -2.13. The summed E-state index contributed by atoms with van der Waals surface area (Å²) in [6, 6.07) is 6.46. The van der Waals surface area contributed by atoms with Crippen LogP contribution in [0.4, 0.5) is 5.69 Å². The van der Waals surface area contributed by atoms with Gasteiger partial charge in [-0.15, -0.1) is 0 Å². The van der Waals surface area contributed by atoms with Gasteiger partial charge in [0.1, 0.15) is 4.90 Å². The number of esters is 1. The number of carbonyl (C=O) groups excluding carboxylic acids is 1. The van der Waals surface area contributed by atoms with Crippen molar-refractivity contribution in [3.8, 4) is 5.75 Å². The van der Waals surface area contributed by atoms with Gasteiger partial charge in [0.25, 0.3) is 0 Å². The molecule has 0 atom stereocenters. The second kappa shape index (κ2) is 7.12. The van der Waals surface area contributed by atoms with Gasteiger partial charge in [-0.25, -0.2) is 4.79 Å². The SMILES string of the molecule is COC(=O)c1ccc([N+](=O)[O-])c(OS(=O)(=O)c2c(C)cc(C)cc2C)c1. The molecule has 0 amide bonds. The molecule has 0 aliphatic heterocycles. The van der Waals surface area contributed by atoms with E-state index in [1.165, 1.54) is 0 Å². The number of benzene rings is 2. The second-order valence-electron chi connectivity index (χ2n) is 5.70. The van der Waals surface area contributed by atoms with E-state index in [4.69, 9.17) is 4.18 Å². The molecule has 0 saturated carbocycles. The Labute approximate surface area is 150 Å². The Kier molecular flexibility index (Phi) is 5.31. The van der Waals surface area contributed by atoms with E-state index in [0.717, 1.165) is 30.9 Å². The van der Waals surface area contributed by atoms with Crippen molar-refractivity contribution in [1.82, 2.24) is 0 Å². The van der Waals surface area contributed by atoms with Crippen molar-refractivity contribution < 1.29 is 27.1 Å². The predicted molar refractivity (Wildman–Crippen MR) is 92.9 cm³/mol. The number of rotatable bonds is 5. The fraction of sp³-hybridized carbons (Fsp3) is 0.235. The van der Waals surface area contributed by atoms with E-state index in [1.54, 1.807) is 26.0 Å². The van der Waals surface area contributed by atoms with Crippen LogP contribution in [0.25, 0.3) is 0 Å². The minimum atomic E-state index is -4.35. The molecular weight excluding hydrogens is 362 g/mol. The van der Waals surface area contributed by atoms with Gasteiger partial charge in [-0.3, -0.25) is 10.1 Å². The summed E-state index contributed by atoms with van der Waals surface area (Å²) >= 11 is 0. The monoisotopic (exact) mass is 379 g/mol. The number of nitrogens with zero attached hydrogens (tertiary/aromatic N) is 1. The fourth-order valence-corrected chi connectivity index (χ4v) is 4.06. The van der Waals surface area contributed by atoms with Gasteiger partial charge >= 0.3 is 21.8 Å².